The number of carbonyl (C=O) groups is 1. The zero-order valence-corrected chi connectivity index (χ0v) is 17.1. The molecule has 6 heteroatoms. The van der Waals surface area contributed by atoms with Crippen molar-refractivity contribution in [3.8, 4) is 0 Å². The number of benzene rings is 1. The van der Waals surface area contributed by atoms with Gasteiger partial charge in [-0.2, -0.15) is 0 Å². The summed E-state index contributed by atoms with van der Waals surface area (Å²) in [6.07, 6.45) is -0.647. The van der Waals surface area contributed by atoms with Crippen LogP contribution in [0.4, 0.5) is 0 Å². The molecule has 0 amide bonds. The van der Waals surface area contributed by atoms with Gasteiger partial charge in [0, 0.05) is 36.9 Å². The summed E-state index contributed by atoms with van der Waals surface area (Å²) in [6, 6.07) is 9.42. The molecule has 0 fully saturated rings. The highest BCUT2D eigenvalue weighted by Crippen LogP contribution is 2.13. The average molecular weight is 373 g/mol. The highest BCUT2D eigenvalue weighted by molar-refractivity contribution is 6.09. The van der Waals surface area contributed by atoms with Gasteiger partial charge in [-0.15, -0.1) is 0 Å². The lowest BCUT2D eigenvalue weighted by Crippen LogP contribution is -2.43. The summed E-state index contributed by atoms with van der Waals surface area (Å²) < 4.78 is 3.12. The molecule has 0 aliphatic rings. The van der Waals surface area contributed by atoms with Gasteiger partial charge >= 0.3 is 0 Å². The summed E-state index contributed by atoms with van der Waals surface area (Å²) in [5, 5.41) is 10.6. The molecule has 2 aromatic rings. The molecular weight excluding hydrogens is 342 g/mol. The average Bonchev–Trinajstić information content (AvgIpc) is 2.83. The molecule has 1 N–H and O–H groups in total. The topological polar surface area (TPSA) is 67.5 Å². The van der Waals surface area contributed by atoms with E-state index in [0.717, 1.165) is 0 Å². The van der Waals surface area contributed by atoms with Crippen molar-refractivity contribution < 1.29 is 9.90 Å². The predicted octanol–water partition coefficient (Wildman–Crippen LogP) is 2.21. The molecule has 0 radical (unpaired) electrons. The Hall–Kier alpha value is -2.18. The van der Waals surface area contributed by atoms with Crippen LogP contribution in [0.25, 0.3) is 0 Å². The lowest BCUT2D eigenvalue weighted by atomic mass is 10.0. The van der Waals surface area contributed by atoms with Crippen LogP contribution in [-0.2, 0) is 13.6 Å². The van der Waals surface area contributed by atoms with Crippen LogP contribution in [0, 0.1) is 6.92 Å². The van der Waals surface area contributed by atoms with E-state index in [9.17, 15) is 14.7 Å². The molecule has 1 aromatic carbocycles. The van der Waals surface area contributed by atoms with Gasteiger partial charge in [0.25, 0.3) is 5.56 Å². The largest absolute Gasteiger partial charge is 0.390 e. The fourth-order valence-corrected chi connectivity index (χ4v) is 3.55. The summed E-state index contributed by atoms with van der Waals surface area (Å²) >= 11 is 0. The van der Waals surface area contributed by atoms with E-state index in [4.69, 9.17) is 0 Å². The minimum atomic E-state index is -0.647. The third kappa shape index (κ3) is 4.57. The van der Waals surface area contributed by atoms with Gasteiger partial charge in [-0.3, -0.25) is 23.9 Å². The van der Waals surface area contributed by atoms with Crippen molar-refractivity contribution in [3.63, 3.8) is 0 Å². The molecule has 1 aromatic heterocycles. The molecule has 0 saturated carbocycles. The highest BCUT2D eigenvalue weighted by Gasteiger charge is 2.24. The van der Waals surface area contributed by atoms with Gasteiger partial charge in [0.2, 0.25) is 0 Å². The lowest BCUT2D eigenvalue weighted by molar-refractivity contribution is 0.0606. The van der Waals surface area contributed by atoms with Crippen LogP contribution in [0.3, 0.4) is 0 Å². The fourth-order valence-electron chi connectivity index (χ4n) is 3.55. The maximum Gasteiger partial charge on any atom is 0.277 e. The van der Waals surface area contributed by atoms with E-state index in [1.54, 1.807) is 42.9 Å². The van der Waals surface area contributed by atoms with Crippen molar-refractivity contribution in [1.82, 2.24) is 14.3 Å². The first-order chi connectivity index (χ1) is 12.6. The van der Waals surface area contributed by atoms with Crippen LogP contribution in [-0.4, -0.2) is 49.9 Å². The maximum absolute atomic E-state index is 12.8. The van der Waals surface area contributed by atoms with Crippen molar-refractivity contribution >= 4 is 5.78 Å². The Balaban J connectivity index is 2.29. The number of hydrogen-bond donors (Lipinski definition) is 1. The van der Waals surface area contributed by atoms with E-state index in [1.165, 1.54) is 4.68 Å². The summed E-state index contributed by atoms with van der Waals surface area (Å²) in [7, 11) is 1.63. The van der Waals surface area contributed by atoms with E-state index in [1.807, 2.05) is 6.07 Å². The lowest BCUT2D eigenvalue weighted by Gasteiger charge is -2.32. The van der Waals surface area contributed by atoms with Gasteiger partial charge in [-0.05, 0) is 34.6 Å². The molecule has 1 atom stereocenters. The van der Waals surface area contributed by atoms with Crippen LogP contribution in [0.2, 0.25) is 0 Å². The van der Waals surface area contributed by atoms with Gasteiger partial charge in [0.05, 0.1) is 12.6 Å². The number of hydrogen-bond acceptors (Lipinski definition) is 4. The quantitative estimate of drug-likeness (QED) is 0.721. The van der Waals surface area contributed by atoms with Crippen LogP contribution in [0.15, 0.2) is 35.1 Å². The molecule has 1 unspecified atom stereocenters. The van der Waals surface area contributed by atoms with E-state index in [-0.39, 0.29) is 23.5 Å². The van der Waals surface area contributed by atoms with Crippen molar-refractivity contribution in [2.24, 2.45) is 7.05 Å². The monoisotopic (exact) mass is 373 g/mol. The smallest absolute Gasteiger partial charge is 0.277 e. The molecule has 0 bridgehead atoms. The molecule has 0 saturated heterocycles. The van der Waals surface area contributed by atoms with Gasteiger partial charge in [-0.1, -0.05) is 30.3 Å². The highest BCUT2D eigenvalue weighted by atomic mass is 16.3. The van der Waals surface area contributed by atoms with Crippen molar-refractivity contribution in [1.29, 1.82) is 0 Å². The molecule has 27 heavy (non-hydrogen) atoms. The normalized spacial score (nSPS) is 13.0. The number of rotatable bonds is 8. The second kappa shape index (κ2) is 8.67. The van der Waals surface area contributed by atoms with Crippen LogP contribution in [0.1, 0.15) is 49.3 Å². The molecule has 2 rings (SSSR count). The first kappa shape index (κ1) is 21.1. The zero-order chi connectivity index (χ0) is 20.3. The number of nitrogens with zero attached hydrogens (tertiary/aromatic N) is 3. The molecule has 6 nitrogen and oxygen atoms in total. The Bertz CT molecular complexity index is 826. The van der Waals surface area contributed by atoms with Gasteiger partial charge in [-0.25, -0.2) is 0 Å². The minimum absolute atomic E-state index is 0.167. The van der Waals surface area contributed by atoms with Crippen molar-refractivity contribution in [2.75, 3.05) is 6.54 Å². The SMILES string of the molecule is Cc1c(C(=O)c2ccccc2)c(=O)n(C)n1CC(O)CN(C(C)C)C(C)C. The predicted molar refractivity (Wildman–Crippen MR) is 107 cm³/mol. The number of aliphatic hydroxyl groups is 1. The van der Waals surface area contributed by atoms with Crippen LogP contribution in [0.5, 0.6) is 0 Å². The van der Waals surface area contributed by atoms with E-state index < -0.39 is 6.10 Å². The van der Waals surface area contributed by atoms with Crippen LogP contribution < -0.4 is 5.56 Å². The second-order valence-electron chi connectivity index (χ2n) is 7.60. The summed E-state index contributed by atoms with van der Waals surface area (Å²) in [4.78, 5) is 27.7. The van der Waals surface area contributed by atoms with Gasteiger partial charge in [0.15, 0.2) is 5.78 Å². The molecule has 148 valence electrons. The number of aromatic nitrogens is 2. The Labute approximate surface area is 161 Å². The Morgan fingerprint density at radius 1 is 1.11 bits per heavy atom. The van der Waals surface area contributed by atoms with E-state index in [0.29, 0.717) is 29.9 Å². The molecule has 1 heterocycles. The maximum atomic E-state index is 12.8. The molecule has 0 aliphatic heterocycles. The van der Waals surface area contributed by atoms with E-state index >= 15 is 0 Å². The molecule has 0 spiro atoms. The molecular formula is C21H31N3O3. The summed E-state index contributed by atoms with van der Waals surface area (Å²) in [5.41, 5.74) is 0.899. The van der Waals surface area contributed by atoms with Gasteiger partial charge < -0.3 is 5.11 Å². The van der Waals surface area contributed by atoms with Crippen molar-refractivity contribution in [2.45, 2.75) is 59.4 Å². The molecule has 0 aliphatic carbocycles. The Kier molecular flexibility index (Phi) is 6.78. The number of ketones is 1. The van der Waals surface area contributed by atoms with Crippen molar-refractivity contribution in [3.05, 3.63) is 57.5 Å². The summed E-state index contributed by atoms with van der Waals surface area (Å²) in [6.45, 7) is 10.9. The first-order valence-corrected chi connectivity index (χ1v) is 9.45. The van der Waals surface area contributed by atoms with E-state index in [2.05, 4.69) is 32.6 Å². The first-order valence-electron chi connectivity index (χ1n) is 9.45. The third-order valence-electron chi connectivity index (χ3n) is 5.01. The minimum Gasteiger partial charge on any atom is -0.390 e. The fraction of sp³-hybridized carbons (Fsp3) is 0.524. The zero-order valence-electron chi connectivity index (χ0n) is 17.1. The standard InChI is InChI=1S/C21H31N3O3/c1-14(2)23(15(3)4)12-18(25)13-24-16(5)19(21(27)22(24)6)20(26)17-10-8-7-9-11-17/h7-11,14-15,18,25H,12-13H2,1-6H3. The van der Waals surface area contributed by atoms with Gasteiger partial charge in [0.1, 0.15) is 5.56 Å². The number of aliphatic hydroxyl groups excluding tert-OH is 1. The Morgan fingerprint density at radius 2 is 1.67 bits per heavy atom. The second-order valence-corrected chi connectivity index (χ2v) is 7.60. The summed E-state index contributed by atoms with van der Waals surface area (Å²) in [5.74, 6) is -0.284. The Morgan fingerprint density at radius 3 is 2.19 bits per heavy atom. The number of carbonyl (C=O) groups excluding carboxylic acids is 1. The van der Waals surface area contributed by atoms with Crippen LogP contribution >= 0.6 is 0 Å². The third-order valence-corrected chi connectivity index (χ3v) is 5.01.